The molecule has 2 aromatic carbocycles. The standard InChI is InChI=1S/C33H36Cl2N4O4/c1-22-5-4-6-26(22)30(35)23-8-10-24(11-9-23)31(41)36-16-3-2-7-29(40)38-17-14-33(43,15-18-38)20-39-21-37-28-19-25(34)12-13-27(28)32(39)42/h8-13,19,21,43H,1-7,14-18,20H2,(H,36,41)/b30-26+. The number of amides is 2. The lowest BCUT2D eigenvalue weighted by molar-refractivity contribution is -0.136. The molecule has 2 N–H and O–H groups in total. The molecule has 3 aromatic rings. The number of rotatable bonds is 9. The molecule has 1 aliphatic heterocycles. The highest BCUT2D eigenvalue weighted by atomic mass is 35.5. The molecule has 43 heavy (non-hydrogen) atoms. The number of piperidine rings is 1. The number of unbranched alkanes of at least 4 members (excludes halogenated alkanes) is 1. The van der Waals surface area contributed by atoms with Gasteiger partial charge in [-0.15, -0.1) is 0 Å². The average molecular weight is 624 g/mol. The van der Waals surface area contributed by atoms with Gasteiger partial charge in [-0.3, -0.25) is 19.0 Å². The van der Waals surface area contributed by atoms with Crippen LogP contribution in [0.2, 0.25) is 5.02 Å². The highest BCUT2D eigenvalue weighted by Crippen LogP contribution is 2.37. The maximum Gasteiger partial charge on any atom is 0.261 e. The molecule has 0 atom stereocenters. The van der Waals surface area contributed by atoms with Crippen molar-refractivity contribution < 1.29 is 14.7 Å². The summed E-state index contributed by atoms with van der Waals surface area (Å²) in [6.07, 6.45) is 6.86. The molecular weight excluding hydrogens is 587 g/mol. The van der Waals surface area contributed by atoms with Crippen LogP contribution in [0, 0.1) is 0 Å². The van der Waals surface area contributed by atoms with Gasteiger partial charge in [0, 0.05) is 36.6 Å². The summed E-state index contributed by atoms with van der Waals surface area (Å²) in [4.78, 5) is 44.3. The number of nitrogens with zero attached hydrogens (tertiary/aromatic N) is 3. The number of allylic oxidation sites excluding steroid dienone is 2. The number of aliphatic hydroxyl groups is 1. The van der Waals surface area contributed by atoms with E-state index in [4.69, 9.17) is 23.2 Å². The number of halogens is 2. The van der Waals surface area contributed by atoms with Crippen LogP contribution in [0.25, 0.3) is 15.9 Å². The quantitative estimate of drug-likeness (QED) is 0.298. The van der Waals surface area contributed by atoms with Gasteiger partial charge >= 0.3 is 0 Å². The lowest BCUT2D eigenvalue weighted by atomic mass is 9.91. The maximum atomic E-state index is 12.9. The number of fused-ring (bicyclic) bond motifs is 1. The fourth-order valence-corrected chi connectivity index (χ4v) is 6.29. The fraction of sp³-hybridized carbons (Fsp3) is 0.394. The third kappa shape index (κ3) is 7.37. The summed E-state index contributed by atoms with van der Waals surface area (Å²) in [6.45, 7) is 5.51. The minimum Gasteiger partial charge on any atom is -0.388 e. The van der Waals surface area contributed by atoms with Gasteiger partial charge in [0.25, 0.3) is 11.5 Å². The summed E-state index contributed by atoms with van der Waals surface area (Å²) < 4.78 is 1.43. The number of benzene rings is 2. The van der Waals surface area contributed by atoms with Crippen LogP contribution in [0.15, 0.2) is 71.3 Å². The summed E-state index contributed by atoms with van der Waals surface area (Å²) in [7, 11) is 0. The van der Waals surface area contributed by atoms with E-state index < -0.39 is 5.60 Å². The van der Waals surface area contributed by atoms with E-state index in [9.17, 15) is 19.5 Å². The lowest BCUT2D eigenvalue weighted by Gasteiger charge is -2.38. The highest BCUT2D eigenvalue weighted by Gasteiger charge is 2.34. The molecule has 2 fully saturated rings. The molecule has 1 aromatic heterocycles. The number of nitrogens with one attached hydrogen (secondary N) is 1. The van der Waals surface area contributed by atoms with E-state index >= 15 is 0 Å². The number of aromatic nitrogens is 2. The zero-order valence-corrected chi connectivity index (χ0v) is 25.6. The first-order chi connectivity index (χ1) is 20.6. The predicted octanol–water partition coefficient (Wildman–Crippen LogP) is 5.69. The number of carbonyl (C=O) groups is 2. The highest BCUT2D eigenvalue weighted by molar-refractivity contribution is 6.49. The molecule has 5 rings (SSSR count). The van der Waals surface area contributed by atoms with E-state index in [1.807, 2.05) is 12.1 Å². The second-order valence-electron chi connectivity index (χ2n) is 11.5. The van der Waals surface area contributed by atoms with Crippen molar-refractivity contribution in [3.05, 3.63) is 93.0 Å². The van der Waals surface area contributed by atoms with Gasteiger partial charge in [0.15, 0.2) is 0 Å². The molecule has 226 valence electrons. The van der Waals surface area contributed by atoms with E-state index in [-0.39, 0.29) is 23.9 Å². The van der Waals surface area contributed by atoms with Crippen molar-refractivity contribution in [2.45, 2.75) is 63.5 Å². The zero-order chi connectivity index (χ0) is 30.6. The van der Waals surface area contributed by atoms with Gasteiger partial charge in [-0.2, -0.15) is 0 Å². The molecule has 0 radical (unpaired) electrons. The zero-order valence-electron chi connectivity index (χ0n) is 24.1. The molecule has 2 aliphatic rings. The second-order valence-corrected chi connectivity index (χ2v) is 12.3. The summed E-state index contributed by atoms with van der Waals surface area (Å²) in [5.41, 5.74) is 2.83. The van der Waals surface area contributed by atoms with E-state index in [0.29, 0.717) is 78.3 Å². The minimum absolute atomic E-state index is 0.0290. The van der Waals surface area contributed by atoms with Crippen LogP contribution in [-0.4, -0.2) is 56.6 Å². The molecule has 0 bridgehead atoms. The molecular formula is C33H36Cl2N4O4. The van der Waals surface area contributed by atoms with Crippen LogP contribution < -0.4 is 10.9 Å². The van der Waals surface area contributed by atoms with Gasteiger partial charge < -0.3 is 15.3 Å². The Hall–Kier alpha value is -3.46. The van der Waals surface area contributed by atoms with Crippen molar-refractivity contribution in [3.8, 4) is 0 Å². The van der Waals surface area contributed by atoms with Crippen LogP contribution in [0.3, 0.4) is 0 Å². The SMILES string of the molecule is C=C1CCC/C1=C(\Cl)c1ccc(C(=O)NCCCCC(=O)N2CCC(O)(Cn3cnc4cc(Cl)ccc4c3=O)CC2)cc1. The summed E-state index contributed by atoms with van der Waals surface area (Å²) in [5.74, 6) is -0.131. The van der Waals surface area contributed by atoms with Gasteiger partial charge in [-0.1, -0.05) is 47.5 Å². The topological polar surface area (TPSA) is 105 Å². The molecule has 1 aliphatic carbocycles. The fourth-order valence-electron chi connectivity index (χ4n) is 5.77. The Labute approximate surface area is 261 Å². The second kappa shape index (κ2) is 13.5. The lowest BCUT2D eigenvalue weighted by Crippen LogP contribution is -2.49. The summed E-state index contributed by atoms with van der Waals surface area (Å²) in [6, 6.07) is 12.2. The van der Waals surface area contributed by atoms with Crippen LogP contribution in [0.4, 0.5) is 0 Å². The minimum atomic E-state index is -1.10. The molecule has 2 heterocycles. The molecule has 1 saturated heterocycles. The van der Waals surface area contributed by atoms with Crippen molar-refractivity contribution in [3.63, 3.8) is 0 Å². The Bertz CT molecular complexity index is 1620. The molecule has 0 spiro atoms. The number of likely N-dealkylation sites (tertiary alicyclic amines) is 1. The molecule has 0 unspecified atom stereocenters. The molecule has 1 saturated carbocycles. The largest absolute Gasteiger partial charge is 0.388 e. The van der Waals surface area contributed by atoms with Gasteiger partial charge in [0.1, 0.15) is 0 Å². The van der Waals surface area contributed by atoms with E-state index in [0.717, 1.165) is 36.0 Å². The molecule has 8 nitrogen and oxygen atoms in total. The van der Waals surface area contributed by atoms with Gasteiger partial charge in [0.2, 0.25) is 5.91 Å². The Morgan fingerprint density at radius 1 is 1.05 bits per heavy atom. The van der Waals surface area contributed by atoms with Crippen molar-refractivity contribution >= 4 is 51.0 Å². The van der Waals surface area contributed by atoms with E-state index in [2.05, 4.69) is 16.9 Å². The van der Waals surface area contributed by atoms with Crippen molar-refractivity contribution in [2.24, 2.45) is 0 Å². The Balaban J connectivity index is 1.03. The first-order valence-electron chi connectivity index (χ1n) is 14.7. The van der Waals surface area contributed by atoms with E-state index in [1.54, 1.807) is 35.2 Å². The van der Waals surface area contributed by atoms with E-state index in [1.165, 1.54) is 10.9 Å². The van der Waals surface area contributed by atoms with Gasteiger partial charge in [-0.25, -0.2) is 4.98 Å². The average Bonchev–Trinajstić information content (AvgIpc) is 3.44. The predicted molar refractivity (Wildman–Crippen MR) is 170 cm³/mol. The summed E-state index contributed by atoms with van der Waals surface area (Å²) >= 11 is 12.6. The smallest absolute Gasteiger partial charge is 0.261 e. The first-order valence-corrected chi connectivity index (χ1v) is 15.5. The Morgan fingerprint density at radius 3 is 2.47 bits per heavy atom. The Kier molecular flexibility index (Phi) is 9.69. The monoisotopic (exact) mass is 622 g/mol. The van der Waals surface area contributed by atoms with Crippen molar-refractivity contribution in [1.82, 2.24) is 19.8 Å². The third-order valence-corrected chi connectivity index (χ3v) is 9.08. The van der Waals surface area contributed by atoms with Crippen LogP contribution in [0.5, 0.6) is 0 Å². The Morgan fingerprint density at radius 2 is 1.77 bits per heavy atom. The number of carbonyl (C=O) groups excluding carboxylic acids is 2. The van der Waals surface area contributed by atoms with Crippen molar-refractivity contribution in [1.29, 1.82) is 0 Å². The van der Waals surface area contributed by atoms with Gasteiger partial charge in [-0.05, 0) is 86.4 Å². The molecule has 2 amide bonds. The van der Waals surface area contributed by atoms with Crippen LogP contribution in [0.1, 0.15) is 67.3 Å². The van der Waals surface area contributed by atoms with Crippen LogP contribution >= 0.6 is 23.2 Å². The molecule has 10 heteroatoms. The third-order valence-electron chi connectivity index (χ3n) is 8.40. The maximum absolute atomic E-state index is 12.9. The number of hydrogen-bond acceptors (Lipinski definition) is 5. The van der Waals surface area contributed by atoms with Crippen molar-refractivity contribution in [2.75, 3.05) is 19.6 Å². The first kappa shape index (κ1) is 31.0. The summed E-state index contributed by atoms with van der Waals surface area (Å²) in [5, 5.41) is 15.7. The normalized spacial score (nSPS) is 17.7. The van der Waals surface area contributed by atoms with Gasteiger partial charge in [0.05, 0.1) is 34.4 Å². The van der Waals surface area contributed by atoms with Crippen LogP contribution in [-0.2, 0) is 11.3 Å². The number of hydrogen-bond donors (Lipinski definition) is 2.